The molecule has 5 nitrogen and oxygen atoms in total. The summed E-state index contributed by atoms with van der Waals surface area (Å²) in [4.78, 5) is 10.8. The largest absolute Gasteiger partial charge is 0.465 e. The van der Waals surface area contributed by atoms with Gasteiger partial charge in [0.2, 0.25) is 0 Å². The molecule has 2 rings (SSSR count). The fraction of sp³-hybridized carbons (Fsp3) is 0.0714. The number of halogens is 2. The van der Waals surface area contributed by atoms with E-state index in [0.29, 0.717) is 6.07 Å². The number of rotatable bonds is 4. The minimum absolute atomic E-state index is 0.164. The van der Waals surface area contributed by atoms with Gasteiger partial charge in [-0.2, -0.15) is 0 Å². The lowest BCUT2D eigenvalue weighted by molar-refractivity contribution is 0.0601. The SMILES string of the molecule is COC(=O)c1ccc(NS(=O)(=O)c2ccc(F)c(F)c2)cc1. The van der Waals surface area contributed by atoms with Crippen molar-refractivity contribution in [3.05, 3.63) is 59.7 Å². The number of benzene rings is 2. The summed E-state index contributed by atoms with van der Waals surface area (Å²) in [5.74, 6) is -2.96. The molecule has 22 heavy (non-hydrogen) atoms. The minimum Gasteiger partial charge on any atom is -0.465 e. The van der Waals surface area contributed by atoms with Crippen molar-refractivity contribution in [2.75, 3.05) is 11.8 Å². The monoisotopic (exact) mass is 327 g/mol. The van der Waals surface area contributed by atoms with Gasteiger partial charge >= 0.3 is 5.97 Å². The quantitative estimate of drug-likeness (QED) is 0.876. The van der Waals surface area contributed by atoms with Crippen molar-refractivity contribution in [2.24, 2.45) is 0 Å². The van der Waals surface area contributed by atoms with Crippen molar-refractivity contribution in [1.29, 1.82) is 0 Å². The van der Waals surface area contributed by atoms with Gasteiger partial charge in [0, 0.05) is 5.69 Å². The fourth-order valence-corrected chi connectivity index (χ4v) is 2.72. The third-order valence-electron chi connectivity index (χ3n) is 2.76. The lowest BCUT2D eigenvalue weighted by atomic mass is 10.2. The molecule has 0 atom stereocenters. The highest BCUT2D eigenvalue weighted by Crippen LogP contribution is 2.18. The molecule has 0 heterocycles. The molecule has 0 saturated heterocycles. The maximum absolute atomic E-state index is 13.1. The Bertz CT molecular complexity index is 804. The first kappa shape index (κ1) is 15.9. The first-order valence-corrected chi connectivity index (χ1v) is 7.48. The lowest BCUT2D eigenvalue weighted by Crippen LogP contribution is -2.13. The molecule has 2 aromatic carbocycles. The van der Waals surface area contributed by atoms with Crippen LogP contribution in [0.4, 0.5) is 14.5 Å². The van der Waals surface area contributed by atoms with Crippen LogP contribution in [0.25, 0.3) is 0 Å². The summed E-state index contributed by atoms with van der Waals surface area (Å²) < 4.78 is 56.8. The van der Waals surface area contributed by atoms with E-state index in [1.54, 1.807) is 0 Å². The number of anilines is 1. The van der Waals surface area contributed by atoms with E-state index in [1.165, 1.54) is 31.4 Å². The molecule has 116 valence electrons. The van der Waals surface area contributed by atoms with Crippen LogP contribution in [0.5, 0.6) is 0 Å². The van der Waals surface area contributed by atoms with Crippen LogP contribution in [0, 0.1) is 11.6 Å². The first-order valence-electron chi connectivity index (χ1n) is 6.00. The topological polar surface area (TPSA) is 72.5 Å². The average Bonchev–Trinajstić information content (AvgIpc) is 2.49. The van der Waals surface area contributed by atoms with Crippen LogP contribution in [-0.2, 0) is 14.8 Å². The van der Waals surface area contributed by atoms with E-state index in [9.17, 15) is 22.0 Å². The Hall–Kier alpha value is -2.48. The summed E-state index contributed by atoms with van der Waals surface area (Å²) >= 11 is 0. The van der Waals surface area contributed by atoms with Gasteiger partial charge in [-0.05, 0) is 42.5 Å². The smallest absolute Gasteiger partial charge is 0.337 e. The standard InChI is InChI=1S/C14H11F2NO4S/c1-21-14(18)9-2-4-10(5-3-9)17-22(19,20)11-6-7-12(15)13(16)8-11/h2-8,17H,1H3. The molecule has 0 amide bonds. The average molecular weight is 327 g/mol. The van der Waals surface area contributed by atoms with Gasteiger partial charge in [-0.1, -0.05) is 0 Å². The Morgan fingerprint density at radius 2 is 1.68 bits per heavy atom. The molecule has 0 spiro atoms. The van der Waals surface area contributed by atoms with Gasteiger partial charge in [-0.25, -0.2) is 22.0 Å². The number of nitrogens with one attached hydrogen (secondary N) is 1. The van der Waals surface area contributed by atoms with Crippen LogP contribution in [0.1, 0.15) is 10.4 Å². The van der Waals surface area contributed by atoms with Crippen molar-refractivity contribution in [1.82, 2.24) is 0 Å². The normalized spacial score (nSPS) is 11.0. The van der Waals surface area contributed by atoms with Crippen LogP contribution in [0.15, 0.2) is 47.4 Å². The van der Waals surface area contributed by atoms with Crippen molar-refractivity contribution in [2.45, 2.75) is 4.90 Å². The van der Waals surface area contributed by atoms with Crippen LogP contribution < -0.4 is 4.72 Å². The minimum atomic E-state index is -4.06. The third kappa shape index (κ3) is 3.40. The summed E-state index contributed by atoms with van der Waals surface area (Å²) in [6.45, 7) is 0. The highest BCUT2D eigenvalue weighted by atomic mass is 32.2. The maximum Gasteiger partial charge on any atom is 0.337 e. The van der Waals surface area contributed by atoms with Crippen molar-refractivity contribution in [3.8, 4) is 0 Å². The summed E-state index contributed by atoms with van der Waals surface area (Å²) in [5, 5.41) is 0. The number of sulfonamides is 1. The van der Waals surface area contributed by atoms with Crippen LogP contribution in [0.2, 0.25) is 0 Å². The predicted molar refractivity (Wildman–Crippen MR) is 74.9 cm³/mol. The van der Waals surface area contributed by atoms with Gasteiger partial charge in [0.05, 0.1) is 17.6 Å². The van der Waals surface area contributed by atoms with E-state index in [-0.39, 0.29) is 11.3 Å². The number of hydrogen-bond acceptors (Lipinski definition) is 4. The summed E-state index contributed by atoms with van der Waals surface area (Å²) in [5.41, 5.74) is 0.413. The van der Waals surface area contributed by atoms with Crippen LogP contribution >= 0.6 is 0 Å². The van der Waals surface area contributed by atoms with Crippen molar-refractivity contribution >= 4 is 21.7 Å². The van der Waals surface area contributed by atoms with Gasteiger partial charge < -0.3 is 4.74 Å². The van der Waals surface area contributed by atoms with E-state index >= 15 is 0 Å². The second kappa shape index (κ2) is 6.10. The number of hydrogen-bond donors (Lipinski definition) is 1. The Kier molecular flexibility index (Phi) is 4.41. The van der Waals surface area contributed by atoms with Gasteiger partial charge in [-0.15, -0.1) is 0 Å². The Labute approximate surface area is 125 Å². The molecule has 0 radical (unpaired) electrons. The predicted octanol–water partition coefficient (Wildman–Crippen LogP) is 2.55. The Morgan fingerprint density at radius 1 is 1.05 bits per heavy atom. The Morgan fingerprint density at radius 3 is 2.23 bits per heavy atom. The van der Waals surface area contributed by atoms with E-state index < -0.39 is 32.5 Å². The molecule has 0 aromatic heterocycles. The summed E-state index contributed by atoms with van der Waals surface area (Å²) in [6, 6.07) is 7.70. The number of esters is 1. The lowest BCUT2D eigenvalue weighted by Gasteiger charge is -2.09. The molecule has 0 bridgehead atoms. The van der Waals surface area contributed by atoms with Gasteiger partial charge in [-0.3, -0.25) is 4.72 Å². The zero-order valence-corrected chi connectivity index (χ0v) is 12.2. The van der Waals surface area contributed by atoms with Crippen molar-refractivity contribution in [3.63, 3.8) is 0 Å². The maximum atomic E-state index is 13.1. The zero-order chi connectivity index (χ0) is 16.3. The molecule has 0 fully saturated rings. The van der Waals surface area contributed by atoms with Gasteiger partial charge in [0.25, 0.3) is 10.0 Å². The molecule has 0 aliphatic rings. The van der Waals surface area contributed by atoms with E-state index in [0.717, 1.165) is 12.1 Å². The molecule has 2 aromatic rings. The van der Waals surface area contributed by atoms with Crippen molar-refractivity contribution < 1.29 is 26.7 Å². The van der Waals surface area contributed by atoms with Gasteiger partial charge in [0.15, 0.2) is 11.6 Å². The number of methoxy groups -OCH3 is 1. The summed E-state index contributed by atoms with van der Waals surface area (Å²) in [6.07, 6.45) is 0. The summed E-state index contributed by atoms with van der Waals surface area (Å²) in [7, 11) is -2.84. The first-order chi connectivity index (χ1) is 10.3. The number of carbonyl (C=O) groups excluding carboxylic acids is 1. The molecule has 1 N–H and O–H groups in total. The molecule has 0 saturated carbocycles. The highest BCUT2D eigenvalue weighted by Gasteiger charge is 2.17. The Balaban J connectivity index is 2.25. The number of carbonyl (C=O) groups is 1. The molecule has 0 aliphatic carbocycles. The molecular formula is C14H11F2NO4S. The van der Waals surface area contributed by atoms with Gasteiger partial charge in [0.1, 0.15) is 0 Å². The number of ether oxygens (including phenoxy) is 1. The highest BCUT2D eigenvalue weighted by molar-refractivity contribution is 7.92. The molecule has 0 aliphatic heterocycles. The second-order valence-electron chi connectivity index (χ2n) is 4.25. The van der Waals surface area contributed by atoms with Crippen LogP contribution in [-0.4, -0.2) is 21.5 Å². The third-order valence-corrected chi connectivity index (χ3v) is 4.14. The van der Waals surface area contributed by atoms with Crippen LogP contribution in [0.3, 0.4) is 0 Å². The fourth-order valence-electron chi connectivity index (χ4n) is 1.65. The second-order valence-corrected chi connectivity index (χ2v) is 5.93. The molecular weight excluding hydrogens is 316 g/mol. The van der Waals surface area contributed by atoms with E-state index in [1.807, 2.05) is 0 Å². The zero-order valence-electron chi connectivity index (χ0n) is 11.3. The molecule has 8 heteroatoms. The van der Waals surface area contributed by atoms with E-state index in [4.69, 9.17) is 0 Å². The van der Waals surface area contributed by atoms with E-state index in [2.05, 4.69) is 9.46 Å². The molecule has 0 unspecified atom stereocenters.